The Morgan fingerprint density at radius 3 is 1.56 bits per heavy atom. The average molecular weight is 1030 g/mol. The molecule has 1 atom stereocenters. The van der Waals surface area contributed by atoms with E-state index in [0.29, 0.717) is 16.8 Å². The first-order valence-electron chi connectivity index (χ1n) is 24.7. The summed E-state index contributed by atoms with van der Waals surface area (Å²) in [6.07, 6.45) is 0.596. The molecule has 5 N–H and O–H groups in total. The minimum atomic E-state index is -1.46. The number of nitrogens with zero attached hydrogens (tertiary/aromatic N) is 1. The number of carbonyl (C=O) groups is 6. The Kier molecular flexibility index (Phi) is 17.8. The van der Waals surface area contributed by atoms with E-state index in [0.717, 1.165) is 16.7 Å². The van der Waals surface area contributed by atoms with Crippen LogP contribution in [0.1, 0.15) is 105 Å². The molecule has 0 saturated heterocycles. The van der Waals surface area contributed by atoms with E-state index < -0.39 is 65.2 Å². The predicted molar refractivity (Wildman–Crippen MR) is 295 cm³/mol. The van der Waals surface area contributed by atoms with Crippen LogP contribution in [0.15, 0.2) is 189 Å². The molecule has 77 heavy (non-hydrogen) atoms. The van der Waals surface area contributed by atoms with Crippen LogP contribution in [0, 0.1) is 11.3 Å². The van der Waals surface area contributed by atoms with Gasteiger partial charge in [0.25, 0.3) is 17.7 Å². The lowest BCUT2D eigenvalue weighted by molar-refractivity contribution is -0.126. The van der Waals surface area contributed by atoms with Gasteiger partial charge in [0.15, 0.2) is 11.5 Å². The van der Waals surface area contributed by atoms with Gasteiger partial charge in [-0.25, -0.2) is 4.79 Å². The molecule has 0 aliphatic heterocycles. The molecule has 15 nitrogen and oxygen atoms in total. The second kappa shape index (κ2) is 24.9. The Labute approximate surface area is 447 Å². The molecule has 0 bridgehead atoms. The van der Waals surface area contributed by atoms with E-state index in [2.05, 4.69) is 33.2 Å². The van der Waals surface area contributed by atoms with Crippen molar-refractivity contribution >= 4 is 52.6 Å². The van der Waals surface area contributed by atoms with E-state index >= 15 is 0 Å². The van der Waals surface area contributed by atoms with Crippen LogP contribution in [0.25, 0.3) is 0 Å². The van der Waals surface area contributed by atoms with Gasteiger partial charge < -0.3 is 40.8 Å². The zero-order valence-electron chi connectivity index (χ0n) is 43.2. The van der Waals surface area contributed by atoms with Crippen LogP contribution < -0.4 is 36.1 Å². The minimum Gasteiger partial charge on any atom is -0.485 e. The van der Waals surface area contributed by atoms with Crippen LogP contribution >= 0.6 is 0 Å². The van der Waals surface area contributed by atoms with Gasteiger partial charge >= 0.3 is 5.97 Å². The molecule has 0 spiro atoms. The maximum Gasteiger partial charge on any atom is 0.342 e. The second-order valence-electron chi connectivity index (χ2n) is 19.0. The van der Waals surface area contributed by atoms with Crippen molar-refractivity contribution in [2.24, 2.45) is 0 Å². The van der Waals surface area contributed by atoms with Crippen molar-refractivity contribution in [1.29, 1.82) is 5.26 Å². The molecule has 5 amide bonds. The van der Waals surface area contributed by atoms with E-state index in [1.165, 1.54) is 91.0 Å². The lowest BCUT2D eigenvalue weighted by Crippen LogP contribution is -2.52. The standard InChI is InChI=1S/C62H58N6O9/c1-7-37-75-54-50(60(74)77-61(4,5)6)35-36-51(55(54)76-40(2)3)66-57(71)43-29-33-49(34-30-43)65-59(73)52(67-58(72)44-27-31-48(32-28-44)64-56(70)42-25-23-41(39-63)24-26-42)38-53(69)68-62(45-17-11-8-12-18-45,46-19-13-9-14-20-46)47-21-15-10-16-22-47/h7-36,40,52H,1,37-38H2,2-6H3,(H,64,70)(H,65,73)(H,66,71)(H,67,72)(H,68,69). The van der Waals surface area contributed by atoms with Gasteiger partial charge in [0.05, 0.1) is 29.8 Å². The molecule has 0 heterocycles. The van der Waals surface area contributed by atoms with E-state index in [9.17, 15) is 28.8 Å². The molecule has 0 fully saturated rings. The zero-order chi connectivity index (χ0) is 55.1. The highest BCUT2D eigenvalue weighted by atomic mass is 16.6. The highest BCUT2D eigenvalue weighted by Crippen LogP contribution is 2.41. The molecule has 1 unspecified atom stereocenters. The van der Waals surface area contributed by atoms with Crippen molar-refractivity contribution < 1.29 is 43.0 Å². The monoisotopic (exact) mass is 1030 g/mol. The van der Waals surface area contributed by atoms with Crippen molar-refractivity contribution in [2.45, 2.75) is 64.3 Å². The predicted octanol–water partition coefficient (Wildman–Crippen LogP) is 10.6. The topological polar surface area (TPSA) is 214 Å². The van der Waals surface area contributed by atoms with Crippen LogP contribution in [0.2, 0.25) is 0 Å². The number of nitrogens with one attached hydrogen (secondary N) is 5. The molecule has 7 rings (SSSR count). The minimum absolute atomic E-state index is 0.0246. The van der Waals surface area contributed by atoms with Crippen LogP contribution in [0.3, 0.4) is 0 Å². The maximum atomic E-state index is 14.7. The van der Waals surface area contributed by atoms with E-state index in [4.69, 9.17) is 19.5 Å². The van der Waals surface area contributed by atoms with E-state index in [-0.39, 0.29) is 46.2 Å². The Morgan fingerprint density at radius 1 is 0.597 bits per heavy atom. The van der Waals surface area contributed by atoms with Crippen molar-refractivity contribution in [2.75, 3.05) is 22.6 Å². The van der Waals surface area contributed by atoms with Gasteiger partial charge in [-0.2, -0.15) is 5.26 Å². The Morgan fingerprint density at radius 2 is 1.08 bits per heavy atom. The number of benzene rings is 7. The van der Waals surface area contributed by atoms with Gasteiger partial charge in [-0.1, -0.05) is 104 Å². The first-order valence-corrected chi connectivity index (χ1v) is 24.7. The third-order valence-electron chi connectivity index (χ3n) is 11.7. The van der Waals surface area contributed by atoms with Gasteiger partial charge in [-0.15, -0.1) is 0 Å². The zero-order valence-corrected chi connectivity index (χ0v) is 43.2. The summed E-state index contributed by atoms with van der Waals surface area (Å²) in [7, 11) is 0. The van der Waals surface area contributed by atoms with Gasteiger partial charge in [-0.3, -0.25) is 24.0 Å². The Hall–Kier alpha value is -9.81. The molecule has 15 heteroatoms. The van der Waals surface area contributed by atoms with E-state index in [1.807, 2.05) is 97.1 Å². The molecule has 0 saturated carbocycles. The highest BCUT2D eigenvalue weighted by Gasteiger charge is 2.39. The van der Waals surface area contributed by atoms with Crippen molar-refractivity contribution in [1.82, 2.24) is 10.6 Å². The van der Waals surface area contributed by atoms with Crippen LogP contribution in [-0.2, 0) is 19.9 Å². The first-order chi connectivity index (χ1) is 37.0. The molecule has 390 valence electrons. The van der Waals surface area contributed by atoms with Crippen molar-refractivity contribution in [3.8, 4) is 17.6 Å². The molecule has 0 aliphatic rings. The van der Waals surface area contributed by atoms with Gasteiger partial charge in [0.2, 0.25) is 11.8 Å². The summed E-state index contributed by atoms with van der Waals surface area (Å²) in [5, 5.41) is 23.6. The number of anilines is 3. The normalized spacial score (nSPS) is 11.4. The number of esters is 1. The SMILES string of the molecule is C=CCOc1c(C(=O)OC(C)(C)C)ccc(NC(=O)c2ccc(NC(=O)C(CC(=O)NC(c3ccccc3)(c3ccccc3)c3ccccc3)NC(=O)c3ccc(NC(=O)c4ccc(C#N)cc4)cc3)cc2)c1OC(C)C. The number of ether oxygens (including phenoxy) is 3. The highest BCUT2D eigenvalue weighted by molar-refractivity contribution is 6.08. The lowest BCUT2D eigenvalue weighted by Gasteiger charge is -2.37. The molecular formula is C62H58N6O9. The fourth-order valence-electron chi connectivity index (χ4n) is 8.20. The molecular weight excluding hydrogens is 973 g/mol. The molecule has 0 radical (unpaired) electrons. The average Bonchev–Trinajstić information content (AvgIpc) is 3.45. The molecule has 0 aliphatic carbocycles. The number of hydrogen-bond acceptors (Lipinski definition) is 10. The smallest absolute Gasteiger partial charge is 0.342 e. The molecule has 7 aromatic rings. The summed E-state index contributed by atoms with van der Waals surface area (Å²) in [6, 6.07) is 49.9. The largest absolute Gasteiger partial charge is 0.485 e. The number of hydrogen-bond donors (Lipinski definition) is 5. The molecule has 0 aromatic heterocycles. The Balaban J connectivity index is 1.15. The fourth-order valence-corrected chi connectivity index (χ4v) is 8.20. The summed E-state index contributed by atoms with van der Waals surface area (Å²) in [5.41, 5.74) is 2.16. The summed E-state index contributed by atoms with van der Waals surface area (Å²) in [4.78, 5) is 83.4. The molecule has 7 aromatic carbocycles. The van der Waals surface area contributed by atoms with Crippen molar-refractivity contribution in [3.63, 3.8) is 0 Å². The van der Waals surface area contributed by atoms with Crippen LogP contribution in [0.4, 0.5) is 17.1 Å². The summed E-state index contributed by atoms with van der Waals surface area (Å²) in [5.74, 6) is -3.48. The van der Waals surface area contributed by atoms with Crippen LogP contribution in [0.5, 0.6) is 11.5 Å². The van der Waals surface area contributed by atoms with Gasteiger partial charge in [-0.05, 0) is 136 Å². The quantitative estimate of drug-likeness (QED) is 0.0277. The maximum absolute atomic E-state index is 14.7. The fraction of sp³-hybridized carbons (Fsp3) is 0.177. The number of amides is 5. The Bertz CT molecular complexity index is 3180. The summed E-state index contributed by atoms with van der Waals surface area (Å²) in [6.45, 7) is 12.5. The first kappa shape index (κ1) is 55.0. The third kappa shape index (κ3) is 14.1. The van der Waals surface area contributed by atoms with E-state index in [1.54, 1.807) is 34.6 Å². The number of nitriles is 1. The number of carbonyl (C=O) groups excluding carboxylic acids is 6. The van der Waals surface area contributed by atoms with Crippen LogP contribution in [-0.4, -0.2) is 59.9 Å². The van der Waals surface area contributed by atoms with Gasteiger partial charge in [0, 0.05) is 28.1 Å². The second-order valence-corrected chi connectivity index (χ2v) is 19.0. The third-order valence-corrected chi connectivity index (χ3v) is 11.7. The summed E-state index contributed by atoms with van der Waals surface area (Å²) >= 11 is 0. The number of rotatable bonds is 20. The summed E-state index contributed by atoms with van der Waals surface area (Å²) < 4.78 is 17.7. The van der Waals surface area contributed by atoms with Gasteiger partial charge in [0.1, 0.15) is 29.4 Å². The lowest BCUT2D eigenvalue weighted by atomic mass is 9.77. The van der Waals surface area contributed by atoms with Crippen molar-refractivity contribution in [3.05, 3.63) is 233 Å².